The van der Waals surface area contributed by atoms with E-state index in [1.165, 1.54) is 5.56 Å². The molecule has 1 unspecified atom stereocenters. The molecule has 0 aromatic heterocycles. The third-order valence-electron chi connectivity index (χ3n) is 3.28. The van der Waals surface area contributed by atoms with Crippen molar-refractivity contribution in [1.82, 2.24) is 5.32 Å². The van der Waals surface area contributed by atoms with Gasteiger partial charge in [-0.15, -0.1) is 0 Å². The van der Waals surface area contributed by atoms with Crippen LogP contribution in [0.5, 0.6) is 0 Å². The normalized spacial score (nSPS) is 22.1. The Labute approximate surface area is 120 Å². The summed E-state index contributed by atoms with van der Waals surface area (Å²) >= 11 is 0. The number of fused-ring (bicyclic) bond motifs is 1. The Morgan fingerprint density at radius 3 is 2.75 bits per heavy atom. The molecule has 2 atom stereocenters. The predicted octanol–water partition coefficient (Wildman–Crippen LogP) is 3.48. The molecule has 0 spiro atoms. The summed E-state index contributed by atoms with van der Waals surface area (Å²) in [6.45, 7) is 10.2. The van der Waals surface area contributed by atoms with Gasteiger partial charge in [0, 0.05) is 0 Å². The Hall–Kier alpha value is -1.55. The van der Waals surface area contributed by atoms with Crippen LogP contribution in [0.15, 0.2) is 18.2 Å². The second-order valence-corrected chi connectivity index (χ2v) is 6.34. The van der Waals surface area contributed by atoms with Crippen molar-refractivity contribution in [2.24, 2.45) is 0 Å². The first-order valence-corrected chi connectivity index (χ1v) is 6.97. The number of carbonyl (C=O) groups excluding carboxylic acids is 1. The summed E-state index contributed by atoms with van der Waals surface area (Å²) < 4.78 is 11.0. The zero-order valence-corrected chi connectivity index (χ0v) is 12.8. The van der Waals surface area contributed by atoms with Crippen LogP contribution in [0, 0.1) is 6.92 Å². The van der Waals surface area contributed by atoms with Crippen molar-refractivity contribution in [3.8, 4) is 0 Å². The molecular weight excluding hydrogens is 254 g/mol. The van der Waals surface area contributed by atoms with Gasteiger partial charge in [0.2, 0.25) is 0 Å². The Kier molecular flexibility index (Phi) is 4.04. The molecule has 0 bridgehead atoms. The molecule has 1 aliphatic heterocycles. The smallest absolute Gasteiger partial charge is 0.408 e. The maximum Gasteiger partial charge on any atom is 0.408 e. The Morgan fingerprint density at radius 2 is 2.10 bits per heavy atom. The summed E-state index contributed by atoms with van der Waals surface area (Å²) in [5, 5.41) is 2.92. The standard InChI is InChI=1S/C16H23NO3/c1-10-6-7-12-9-19-11(2)14(13(12)8-10)17-15(18)20-16(3,4)5/h6-8,11,14H,9H2,1-5H3,(H,17,18)/t11-,14?/m0/s1. The highest BCUT2D eigenvalue weighted by atomic mass is 16.6. The number of hydrogen-bond donors (Lipinski definition) is 1. The minimum absolute atomic E-state index is 0.0724. The zero-order valence-electron chi connectivity index (χ0n) is 12.8. The van der Waals surface area contributed by atoms with Gasteiger partial charge in [-0.05, 0) is 45.7 Å². The van der Waals surface area contributed by atoms with Crippen molar-refractivity contribution >= 4 is 6.09 Å². The molecule has 110 valence electrons. The van der Waals surface area contributed by atoms with Crippen molar-refractivity contribution in [1.29, 1.82) is 0 Å². The number of amides is 1. The summed E-state index contributed by atoms with van der Waals surface area (Å²) in [6.07, 6.45) is -0.482. The van der Waals surface area contributed by atoms with Gasteiger partial charge in [0.1, 0.15) is 5.60 Å². The van der Waals surface area contributed by atoms with Crippen LogP contribution in [-0.2, 0) is 16.1 Å². The van der Waals surface area contributed by atoms with Crippen LogP contribution in [0.4, 0.5) is 4.79 Å². The van der Waals surface area contributed by atoms with Gasteiger partial charge in [-0.3, -0.25) is 0 Å². The summed E-state index contributed by atoms with van der Waals surface area (Å²) in [5.41, 5.74) is 2.91. The summed E-state index contributed by atoms with van der Waals surface area (Å²) in [7, 11) is 0. The van der Waals surface area contributed by atoms with Gasteiger partial charge in [0.25, 0.3) is 0 Å². The second kappa shape index (κ2) is 5.44. The molecule has 0 radical (unpaired) electrons. The van der Waals surface area contributed by atoms with Crippen LogP contribution in [0.2, 0.25) is 0 Å². The molecule has 0 saturated carbocycles. The molecule has 4 heteroatoms. The van der Waals surface area contributed by atoms with E-state index in [9.17, 15) is 4.79 Å². The maximum atomic E-state index is 12.0. The van der Waals surface area contributed by atoms with E-state index in [2.05, 4.69) is 23.5 Å². The Morgan fingerprint density at radius 1 is 1.40 bits per heavy atom. The van der Waals surface area contributed by atoms with Crippen LogP contribution in [0.1, 0.15) is 50.4 Å². The van der Waals surface area contributed by atoms with Gasteiger partial charge in [-0.25, -0.2) is 4.79 Å². The number of aryl methyl sites for hydroxylation is 1. The van der Waals surface area contributed by atoms with E-state index in [0.717, 1.165) is 11.1 Å². The maximum absolute atomic E-state index is 12.0. The quantitative estimate of drug-likeness (QED) is 0.855. The van der Waals surface area contributed by atoms with E-state index in [0.29, 0.717) is 6.61 Å². The van der Waals surface area contributed by atoms with Crippen molar-refractivity contribution in [2.45, 2.75) is 59.0 Å². The van der Waals surface area contributed by atoms with E-state index >= 15 is 0 Å². The molecule has 0 fully saturated rings. The number of rotatable bonds is 1. The van der Waals surface area contributed by atoms with E-state index in [-0.39, 0.29) is 12.1 Å². The van der Waals surface area contributed by atoms with E-state index in [1.807, 2.05) is 34.6 Å². The molecule has 0 saturated heterocycles. The molecule has 0 aliphatic carbocycles. The van der Waals surface area contributed by atoms with Crippen LogP contribution < -0.4 is 5.32 Å². The lowest BCUT2D eigenvalue weighted by atomic mass is 9.93. The highest BCUT2D eigenvalue weighted by molar-refractivity contribution is 5.68. The number of ether oxygens (including phenoxy) is 2. The Balaban J connectivity index is 2.19. The molecule has 1 aliphatic rings. The van der Waals surface area contributed by atoms with Gasteiger partial charge in [-0.2, -0.15) is 0 Å². The largest absolute Gasteiger partial charge is 0.444 e. The van der Waals surface area contributed by atoms with Crippen molar-refractivity contribution in [3.05, 3.63) is 34.9 Å². The van der Waals surface area contributed by atoms with Gasteiger partial charge in [0.15, 0.2) is 0 Å². The van der Waals surface area contributed by atoms with Crippen molar-refractivity contribution < 1.29 is 14.3 Å². The average molecular weight is 277 g/mol. The fraction of sp³-hybridized carbons (Fsp3) is 0.562. The molecule has 1 amide bonds. The summed E-state index contributed by atoms with van der Waals surface area (Å²) in [6, 6.07) is 6.05. The van der Waals surface area contributed by atoms with Gasteiger partial charge >= 0.3 is 6.09 Å². The van der Waals surface area contributed by atoms with E-state index in [4.69, 9.17) is 9.47 Å². The van der Waals surface area contributed by atoms with Gasteiger partial charge in [0.05, 0.1) is 18.8 Å². The van der Waals surface area contributed by atoms with E-state index in [1.54, 1.807) is 0 Å². The van der Waals surface area contributed by atoms with Crippen LogP contribution >= 0.6 is 0 Å². The van der Waals surface area contributed by atoms with Crippen LogP contribution in [-0.4, -0.2) is 17.8 Å². The summed E-state index contributed by atoms with van der Waals surface area (Å²) in [5.74, 6) is 0. The zero-order chi connectivity index (χ0) is 14.9. The molecule has 1 heterocycles. The monoisotopic (exact) mass is 277 g/mol. The lowest BCUT2D eigenvalue weighted by molar-refractivity contribution is 0.00252. The van der Waals surface area contributed by atoms with Crippen molar-refractivity contribution in [3.63, 3.8) is 0 Å². The third-order valence-corrected chi connectivity index (χ3v) is 3.28. The van der Waals surface area contributed by atoms with Gasteiger partial charge < -0.3 is 14.8 Å². The molecular formula is C16H23NO3. The first-order chi connectivity index (χ1) is 9.26. The second-order valence-electron chi connectivity index (χ2n) is 6.34. The number of benzene rings is 1. The number of nitrogens with one attached hydrogen (secondary N) is 1. The molecule has 20 heavy (non-hydrogen) atoms. The minimum Gasteiger partial charge on any atom is -0.444 e. The highest BCUT2D eigenvalue weighted by Crippen LogP contribution is 2.30. The fourth-order valence-corrected chi connectivity index (χ4v) is 2.34. The third kappa shape index (κ3) is 3.51. The number of carbonyl (C=O) groups is 1. The van der Waals surface area contributed by atoms with Gasteiger partial charge in [-0.1, -0.05) is 23.8 Å². The topological polar surface area (TPSA) is 47.6 Å². The number of alkyl carbamates (subject to hydrolysis) is 1. The molecule has 1 N–H and O–H groups in total. The SMILES string of the molecule is Cc1ccc2c(c1)C(NC(=O)OC(C)(C)C)[C@H](C)OC2. The first-order valence-electron chi connectivity index (χ1n) is 6.97. The average Bonchev–Trinajstić information content (AvgIpc) is 2.31. The molecule has 1 aromatic carbocycles. The highest BCUT2D eigenvalue weighted by Gasteiger charge is 2.30. The van der Waals surface area contributed by atoms with Crippen molar-refractivity contribution in [2.75, 3.05) is 0 Å². The van der Waals surface area contributed by atoms with Crippen LogP contribution in [0.3, 0.4) is 0 Å². The minimum atomic E-state index is -0.502. The summed E-state index contributed by atoms with van der Waals surface area (Å²) in [4.78, 5) is 12.0. The Bertz CT molecular complexity index is 505. The lowest BCUT2D eigenvalue weighted by Crippen LogP contribution is -2.41. The molecule has 2 rings (SSSR count). The number of hydrogen-bond acceptors (Lipinski definition) is 3. The van der Waals surface area contributed by atoms with Crippen LogP contribution in [0.25, 0.3) is 0 Å². The fourth-order valence-electron chi connectivity index (χ4n) is 2.34. The van der Waals surface area contributed by atoms with E-state index < -0.39 is 11.7 Å². The molecule has 4 nitrogen and oxygen atoms in total. The predicted molar refractivity (Wildman–Crippen MR) is 77.5 cm³/mol. The first kappa shape index (κ1) is 14.9. The molecule has 1 aromatic rings. The lowest BCUT2D eigenvalue weighted by Gasteiger charge is -2.33.